The number of rotatable bonds is 6. The van der Waals surface area contributed by atoms with Gasteiger partial charge >= 0.3 is 0 Å². The molecular weight excluding hydrogens is 348 g/mol. The highest BCUT2D eigenvalue weighted by molar-refractivity contribution is 5.95. The van der Waals surface area contributed by atoms with Crippen molar-refractivity contribution in [2.75, 3.05) is 23.8 Å². The Morgan fingerprint density at radius 1 is 0.893 bits per heavy atom. The molecular formula is C24H22N2O2. The minimum Gasteiger partial charge on any atom is -0.492 e. The summed E-state index contributed by atoms with van der Waals surface area (Å²) in [5, 5.41) is 6.01. The molecule has 0 atom stereocenters. The zero-order valence-corrected chi connectivity index (χ0v) is 15.7. The van der Waals surface area contributed by atoms with Gasteiger partial charge in [0.25, 0.3) is 0 Å². The predicted octanol–water partition coefficient (Wildman–Crippen LogP) is 4.54. The van der Waals surface area contributed by atoms with Crippen LogP contribution in [-0.2, 0) is 4.79 Å². The maximum atomic E-state index is 12.3. The van der Waals surface area contributed by atoms with Gasteiger partial charge in [-0.05, 0) is 49.4 Å². The molecule has 0 aliphatic carbocycles. The molecule has 3 aromatic rings. The van der Waals surface area contributed by atoms with Gasteiger partial charge in [-0.2, -0.15) is 0 Å². The predicted molar refractivity (Wildman–Crippen MR) is 114 cm³/mol. The van der Waals surface area contributed by atoms with E-state index in [1.807, 2.05) is 85.8 Å². The molecule has 28 heavy (non-hydrogen) atoms. The van der Waals surface area contributed by atoms with Gasteiger partial charge in [0, 0.05) is 16.8 Å². The van der Waals surface area contributed by atoms with Gasteiger partial charge in [0.05, 0.1) is 18.8 Å². The summed E-state index contributed by atoms with van der Waals surface area (Å²) in [6.07, 6.45) is 0. The van der Waals surface area contributed by atoms with Gasteiger partial charge in [0.2, 0.25) is 5.91 Å². The number of hydrogen-bond donors (Lipinski definition) is 2. The molecule has 3 aromatic carbocycles. The van der Waals surface area contributed by atoms with E-state index in [4.69, 9.17) is 4.74 Å². The molecule has 1 amide bonds. The number of ether oxygens (including phenoxy) is 1. The van der Waals surface area contributed by atoms with Gasteiger partial charge in [0.15, 0.2) is 0 Å². The lowest BCUT2D eigenvalue weighted by Gasteiger charge is -2.12. The zero-order valence-electron chi connectivity index (χ0n) is 15.7. The van der Waals surface area contributed by atoms with E-state index in [0.717, 1.165) is 16.8 Å². The van der Waals surface area contributed by atoms with Crippen molar-refractivity contribution in [3.05, 3.63) is 90.0 Å². The summed E-state index contributed by atoms with van der Waals surface area (Å²) < 4.78 is 5.53. The molecule has 0 bridgehead atoms. The standard InChI is InChI=1S/C24H22N2O2/c1-2-28-23-14-7-6-13-22(23)26-24(27)18-25-21-12-8-11-20(17-21)16-15-19-9-4-3-5-10-19/h3-14,17,25H,2,18H2,1H3,(H,26,27). The summed E-state index contributed by atoms with van der Waals surface area (Å²) in [5.74, 6) is 6.79. The Labute approximate surface area is 165 Å². The molecule has 140 valence electrons. The van der Waals surface area contributed by atoms with E-state index in [1.165, 1.54) is 0 Å². The third kappa shape index (κ3) is 5.65. The van der Waals surface area contributed by atoms with Crippen LogP contribution in [0.1, 0.15) is 18.1 Å². The van der Waals surface area contributed by atoms with Crippen LogP contribution in [0, 0.1) is 11.8 Å². The van der Waals surface area contributed by atoms with E-state index in [9.17, 15) is 4.79 Å². The molecule has 0 radical (unpaired) electrons. The maximum absolute atomic E-state index is 12.3. The molecule has 0 aliphatic rings. The first kappa shape index (κ1) is 19.1. The second-order valence-electron chi connectivity index (χ2n) is 6.03. The Morgan fingerprint density at radius 2 is 1.61 bits per heavy atom. The van der Waals surface area contributed by atoms with Crippen molar-refractivity contribution in [3.8, 4) is 17.6 Å². The highest BCUT2D eigenvalue weighted by Gasteiger charge is 2.07. The molecule has 0 aromatic heterocycles. The van der Waals surface area contributed by atoms with Crippen LogP contribution in [0.3, 0.4) is 0 Å². The van der Waals surface area contributed by atoms with Crippen LogP contribution in [0.25, 0.3) is 0 Å². The van der Waals surface area contributed by atoms with E-state index in [0.29, 0.717) is 18.0 Å². The zero-order chi connectivity index (χ0) is 19.6. The van der Waals surface area contributed by atoms with Crippen molar-refractivity contribution < 1.29 is 9.53 Å². The lowest BCUT2D eigenvalue weighted by atomic mass is 10.1. The van der Waals surface area contributed by atoms with Crippen LogP contribution < -0.4 is 15.4 Å². The average Bonchev–Trinajstić information content (AvgIpc) is 2.73. The number of nitrogens with one attached hydrogen (secondary N) is 2. The molecule has 0 saturated carbocycles. The number of anilines is 2. The number of para-hydroxylation sites is 2. The summed E-state index contributed by atoms with van der Waals surface area (Å²) in [4.78, 5) is 12.3. The normalized spacial score (nSPS) is 9.75. The molecule has 4 nitrogen and oxygen atoms in total. The molecule has 0 aliphatic heterocycles. The number of carbonyl (C=O) groups is 1. The Morgan fingerprint density at radius 3 is 2.43 bits per heavy atom. The van der Waals surface area contributed by atoms with Gasteiger partial charge in [0.1, 0.15) is 5.75 Å². The van der Waals surface area contributed by atoms with Gasteiger partial charge in [-0.15, -0.1) is 0 Å². The van der Waals surface area contributed by atoms with Crippen LogP contribution in [0.4, 0.5) is 11.4 Å². The summed E-state index contributed by atoms with van der Waals surface area (Å²) >= 11 is 0. The Kier molecular flexibility index (Phi) is 6.70. The van der Waals surface area contributed by atoms with Crippen LogP contribution >= 0.6 is 0 Å². The number of hydrogen-bond acceptors (Lipinski definition) is 3. The van der Waals surface area contributed by atoms with Crippen molar-refractivity contribution in [3.63, 3.8) is 0 Å². The van der Waals surface area contributed by atoms with Crippen LogP contribution in [0.5, 0.6) is 5.75 Å². The molecule has 0 saturated heterocycles. The molecule has 0 spiro atoms. The van der Waals surface area contributed by atoms with E-state index >= 15 is 0 Å². The summed E-state index contributed by atoms with van der Waals surface area (Å²) in [7, 11) is 0. The molecule has 4 heteroatoms. The monoisotopic (exact) mass is 370 g/mol. The van der Waals surface area contributed by atoms with E-state index in [-0.39, 0.29) is 12.5 Å². The molecule has 0 fully saturated rings. The Balaban J connectivity index is 1.59. The topological polar surface area (TPSA) is 50.4 Å². The van der Waals surface area contributed by atoms with Crippen molar-refractivity contribution in [2.24, 2.45) is 0 Å². The lowest BCUT2D eigenvalue weighted by Crippen LogP contribution is -2.22. The fourth-order valence-electron chi connectivity index (χ4n) is 2.60. The fraction of sp³-hybridized carbons (Fsp3) is 0.125. The molecule has 3 rings (SSSR count). The largest absolute Gasteiger partial charge is 0.492 e. The second-order valence-corrected chi connectivity index (χ2v) is 6.03. The van der Waals surface area contributed by atoms with E-state index in [1.54, 1.807) is 0 Å². The Bertz CT molecular complexity index is 988. The molecule has 2 N–H and O–H groups in total. The van der Waals surface area contributed by atoms with E-state index in [2.05, 4.69) is 22.5 Å². The third-order valence-electron chi connectivity index (χ3n) is 3.90. The lowest BCUT2D eigenvalue weighted by molar-refractivity contribution is -0.114. The van der Waals surface area contributed by atoms with Crippen LogP contribution in [0.2, 0.25) is 0 Å². The number of carbonyl (C=O) groups excluding carboxylic acids is 1. The first-order chi connectivity index (χ1) is 13.7. The fourth-order valence-corrected chi connectivity index (χ4v) is 2.60. The molecule has 0 unspecified atom stereocenters. The number of amides is 1. The second kappa shape index (κ2) is 9.84. The smallest absolute Gasteiger partial charge is 0.243 e. The quantitative estimate of drug-likeness (QED) is 0.627. The summed E-state index contributed by atoms with van der Waals surface area (Å²) in [5.41, 5.74) is 3.36. The Hall–Kier alpha value is -3.71. The van der Waals surface area contributed by atoms with Crippen molar-refractivity contribution in [1.82, 2.24) is 0 Å². The summed E-state index contributed by atoms with van der Waals surface area (Å²) in [6, 6.07) is 24.9. The van der Waals surface area contributed by atoms with Crippen molar-refractivity contribution >= 4 is 17.3 Å². The van der Waals surface area contributed by atoms with Crippen molar-refractivity contribution in [2.45, 2.75) is 6.92 Å². The number of benzene rings is 3. The first-order valence-electron chi connectivity index (χ1n) is 9.17. The minimum absolute atomic E-state index is 0.145. The van der Waals surface area contributed by atoms with Crippen molar-refractivity contribution in [1.29, 1.82) is 0 Å². The summed E-state index contributed by atoms with van der Waals surface area (Å²) in [6.45, 7) is 2.60. The van der Waals surface area contributed by atoms with E-state index < -0.39 is 0 Å². The van der Waals surface area contributed by atoms with Crippen LogP contribution in [-0.4, -0.2) is 19.1 Å². The van der Waals surface area contributed by atoms with Gasteiger partial charge in [-0.3, -0.25) is 4.79 Å². The maximum Gasteiger partial charge on any atom is 0.243 e. The third-order valence-corrected chi connectivity index (χ3v) is 3.90. The van der Waals surface area contributed by atoms with Crippen LogP contribution in [0.15, 0.2) is 78.9 Å². The highest BCUT2D eigenvalue weighted by atomic mass is 16.5. The molecule has 0 heterocycles. The van der Waals surface area contributed by atoms with Gasteiger partial charge < -0.3 is 15.4 Å². The van der Waals surface area contributed by atoms with Gasteiger partial charge in [-0.25, -0.2) is 0 Å². The highest BCUT2D eigenvalue weighted by Crippen LogP contribution is 2.23. The van der Waals surface area contributed by atoms with Gasteiger partial charge in [-0.1, -0.05) is 48.2 Å². The SMILES string of the molecule is CCOc1ccccc1NC(=O)CNc1cccc(C#Cc2ccccc2)c1. The average molecular weight is 370 g/mol. The first-order valence-corrected chi connectivity index (χ1v) is 9.17. The minimum atomic E-state index is -0.145.